The number of hydrogen-bond acceptors (Lipinski definition) is 2. The molecule has 0 aliphatic heterocycles. The van der Waals surface area contributed by atoms with Gasteiger partial charge in [0.2, 0.25) is 0 Å². The first kappa shape index (κ1) is 17.0. The molecule has 0 atom stereocenters. The molecular weight excluding hydrogens is 310 g/mol. The Morgan fingerprint density at radius 3 is 2.16 bits per heavy atom. The number of nitrogens with one attached hydrogen (secondary N) is 1. The Bertz CT molecular complexity index is 872. The Kier molecular flexibility index (Phi) is 4.45. The van der Waals surface area contributed by atoms with E-state index in [2.05, 4.69) is 43.3 Å². The lowest BCUT2D eigenvalue weighted by molar-refractivity contribution is 0.102. The van der Waals surface area contributed by atoms with Crippen LogP contribution >= 0.6 is 0 Å². The van der Waals surface area contributed by atoms with Gasteiger partial charge in [-0.3, -0.25) is 4.79 Å². The highest BCUT2D eigenvalue weighted by atomic mass is 16.1. The van der Waals surface area contributed by atoms with Crippen molar-refractivity contribution in [3.8, 4) is 11.1 Å². The zero-order chi connectivity index (χ0) is 18.0. The Labute approximate surface area is 148 Å². The zero-order valence-electron chi connectivity index (χ0n) is 15.1. The van der Waals surface area contributed by atoms with Crippen LogP contribution in [0, 0.1) is 6.92 Å². The molecule has 1 aromatic heterocycles. The summed E-state index contributed by atoms with van der Waals surface area (Å²) < 4.78 is 1.85. The molecule has 1 heterocycles. The minimum atomic E-state index is -0.200. The highest BCUT2D eigenvalue weighted by molar-refractivity contribution is 6.04. The van der Waals surface area contributed by atoms with E-state index in [4.69, 9.17) is 0 Å². The van der Waals surface area contributed by atoms with Crippen LogP contribution in [0.4, 0.5) is 5.82 Å². The molecule has 2 aromatic carbocycles. The molecule has 0 saturated carbocycles. The van der Waals surface area contributed by atoms with E-state index in [-0.39, 0.29) is 11.4 Å². The second kappa shape index (κ2) is 6.55. The van der Waals surface area contributed by atoms with Gasteiger partial charge >= 0.3 is 0 Å². The molecule has 0 bridgehead atoms. The van der Waals surface area contributed by atoms with Crippen molar-refractivity contribution in [2.45, 2.75) is 33.2 Å². The van der Waals surface area contributed by atoms with Crippen LogP contribution in [-0.4, -0.2) is 15.7 Å². The summed E-state index contributed by atoms with van der Waals surface area (Å²) in [5.74, 6) is 0.576. The predicted molar refractivity (Wildman–Crippen MR) is 102 cm³/mol. The number of hydrogen-bond donors (Lipinski definition) is 1. The van der Waals surface area contributed by atoms with E-state index in [1.807, 2.05) is 60.1 Å². The van der Waals surface area contributed by atoms with Crippen molar-refractivity contribution in [2.24, 2.45) is 0 Å². The van der Waals surface area contributed by atoms with Crippen molar-refractivity contribution in [3.63, 3.8) is 0 Å². The van der Waals surface area contributed by atoms with Crippen molar-refractivity contribution in [1.82, 2.24) is 9.78 Å². The van der Waals surface area contributed by atoms with Gasteiger partial charge in [-0.1, -0.05) is 42.5 Å². The molecule has 3 rings (SSSR count). The molecule has 0 fully saturated rings. The Hall–Kier alpha value is -2.88. The number of amides is 1. The number of aryl methyl sites for hydroxylation is 1. The van der Waals surface area contributed by atoms with Crippen molar-refractivity contribution < 1.29 is 4.79 Å². The molecule has 0 aliphatic carbocycles. The van der Waals surface area contributed by atoms with Gasteiger partial charge in [-0.15, -0.1) is 0 Å². The topological polar surface area (TPSA) is 46.9 Å². The van der Waals surface area contributed by atoms with Crippen LogP contribution in [0.25, 0.3) is 11.1 Å². The fourth-order valence-corrected chi connectivity index (χ4v) is 2.73. The number of aromatic nitrogens is 2. The summed E-state index contributed by atoms with van der Waals surface area (Å²) in [6, 6.07) is 19.6. The quantitative estimate of drug-likeness (QED) is 0.743. The Morgan fingerprint density at radius 1 is 0.960 bits per heavy atom. The Balaban J connectivity index is 1.81. The maximum absolute atomic E-state index is 12.6. The number of carbonyl (C=O) groups excluding carboxylic acids is 1. The second-order valence-electron chi connectivity index (χ2n) is 7.15. The molecule has 1 N–H and O–H groups in total. The molecule has 0 aliphatic rings. The standard InChI is InChI=1S/C21H23N3O/c1-15-14-19(24(23-15)21(2,3)4)22-20(25)18-12-10-17(11-13-18)16-8-6-5-7-9-16/h5-14H,1-4H3,(H,22,25). The highest BCUT2D eigenvalue weighted by Gasteiger charge is 2.20. The maximum Gasteiger partial charge on any atom is 0.256 e. The number of rotatable bonds is 3. The summed E-state index contributed by atoms with van der Waals surface area (Å²) in [7, 11) is 0. The van der Waals surface area contributed by atoms with Crippen LogP contribution in [0.5, 0.6) is 0 Å². The first-order valence-corrected chi connectivity index (χ1v) is 8.38. The minimum Gasteiger partial charge on any atom is -0.307 e. The fourth-order valence-electron chi connectivity index (χ4n) is 2.73. The van der Waals surface area contributed by atoms with E-state index < -0.39 is 0 Å². The van der Waals surface area contributed by atoms with Crippen molar-refractivity contribution >= 4 is 11.7 Å². The molecule has 3 aromatic rings. The predicted octanol–water partition coefficient (Wildman–Crippen LogP) is 4.87. The van der Waals surface area contributed by atoms with E-state index in [9.17, 15) is 4.79 Å². The lowest BCUT2D eigenvalue weighted by atomic mass is 10.0. The van der Waals surface area contributed by atoms with Gasteiger partial charge in [-0.25, -0.2) is 4.68 Å². The average molecular weight is 333 g/mol. The zero-order valence-corrected chi connectivity index (χ0v) is 15.1. The summed E-state index contributed by atoms with van der Waals surface area (Å²) in [4.78, 5) is 12.6. The van der Waals surface area contributed by atoms with Crippen LogP contribution in [0.2, 0.25) is 0 Å². The molecule has 0 spiro atoms. The van der Waals surface area contributed by atoms with E-state index >= 15 is 0 Å². The van der Waals surface area contributed by atoms with Crippen molar-refractivity contribution in [2.75, 3.05) is 5.32 Å². The molecule has 0 unspecified atom stereocenters. The summed E-state index contributed by atoms with van der Waals surface area (Å²) >= 11 is 0. The van der Waals surface area contributed by atoms with Gasteiger partial charge in [0.1, 0.15) is 5.82 Å². The number of carbonyl (C=O) groups is 1. The fraction of sp³-hybridized carbons (Fsp3) is 0.238. The van der Waals surface area contributed by atoms with E-state index in [1.165, 1.54) is 0 Å². The molecule has 4 nitrogen and oxygen atoms in total. The average Bonchev–Trinajstić information content (AvgIpc) is 2.96. The number of anilines is 1. The third-order valence-electron chi connectivity index (χ3n) is 3.96. The van der Waals surface area contributed by atoms with Crippen LogP contribution in [-0.2, 0) is 5.54 Å². The largest absolute Gasteiger partial charge is 0.307 e. The van der Waals surface area contributed by atoms with Gasteiger partial charge < -0.3 is 5.32 Å². The second-order valence-corrected chi connectivity index (χ2v) is 7.15. The maximum atomic E-state index is 12.6. The van der Waals surface area contributed by atoms with Gasteiger partial charge in [-0.2, -0.15) is 5.10 Å². The van der Waals surface area contributed by atoms with Crippen LogP contribution in [0.1, 0.15) is 36.8 Å². The lowest BCUT2D eigenvalue weighted by Crippen LogP contribution is -2.26. The van der Waals surface area contributed by atoms with Gasteiger partial charge in [0.05, 0.1) is 11.2 Å². The minimum absolute atomic E-state index is 0.134. The Morgan fingerprint density at radius 2 is 1.56 bits per heavy atom. The smallest absolute Gasteiger partial charge is 0.256 e. The van der Waals surface area contributed by atoms with Gasteiger partial charge in [0.25, 0.3) is 5.91 Å². The van der Waals surface area contributed by atoms with Crippen molar-refractivity contribution in [1.29, 1.82) is 0 Å². The lowest BCUT2D eigenvalue weighted by Gasteiger charge is -2.22. The van der Waals surface area contributed by atoms with Crippen LogP contribution in [0.3, 0.4) is 0 Å². The molecule has 0 radical (unpaired) electrons. The molecule has 128 valence electrons. The van der Waals surface area contributed by atoms with E-state index in [1.54, 1.807) is 0 Å². The normalized spacial score (nSPS) is 11.4. The van der Waals surface area contributed by atoms with Gasteiger partial charge in [0, 0.05) is 11.6 Å². The van der Waals surface area contributed by atoms with Crippen LogP contribution < -0.4 is 5.32 Å². The summed E-state index contributed by atoms with van der Waals surface area (Å²) in [5.41, 5.74) is 3.53. The third-order valence-corrected chi connectivity index (χ3v) is 3.96. The van der Waals surface area contributed by atoms with Gasteiger partial charge in [-0.05, 0) is 51.0 Å². The molecule has 0 saturated heterocycles. The number of nitrogens with zero attached hydrogens (tertiary/aromatic N) is 2. The first-order valence-electron chi connectivity index (χ1n) is 8.38. The summed E-state index contributed by atoms with van der Waals surface area (Å²) in [5, 5.41) is 7.46. The molecule has 4 heteroatoms. The summed E-state index contributed by atoms with van der Waals surface area (Å²) in [6.07, 6.45) is 0. The third kappa shape index (κ3) is 3.79. The summed E-state index contributed by atoms with van der Waals surface area (Å²) in [6.45, 7) is 8.10. The molecule has 25 heavy (non-hydrogen) atoms. The van der Waals surface area contributed by atoms with Crippen molar-refractivity contribution in [3.05, 3.63) is 71.9 Å². The SMILES string of the molecule is Cc1cc(NC(=O)c2ccc(-c3ccccc3)cc2)n(C(C)(C)C)n1. The van der Waals surface area contributed by atoms with Gasteiger partial charge in [0.15, 0.2) is 0 Å². The van der Waals surface area contributed by atoms with E-state index in [0.29, 0.717) is 11.4 Å². The first-order chi connectivity index (χ1) is 11.8. The molecule has 1 amide bonds. The monoisotopic (exact) mass is 333 g/mol. The van der Waals surface area contributed by atoms with E-state index in [0.717, 1.165) is 16.8 Å². The van der Waals surface area contributed by atoms with Crippen LogP contribution in [0.15, 0.2) is 60.7 Å². The molecular formula is C21H23N3O. The highest BCUT2D eigenvalue weighted by Crippen LogP contribution is 2.23. The number of benzene rings is 2.